The second-order valence-electron chi connectivity index (χ2n) is 8.22. The lowest BCUT2D eigenvalue weighted by atomic mass is 9.96. The molecule has 0 fully saturated rings. The Bertz CT molecular complexity index is 758. The lowest BCUT2D eigenvalue weighted by molar-refractivity contribution is -0.140. The number of carbonyl (C=O) groups is 1. The highest BCUT2D eigenvalue weighted by molar-refractivity contribution is 6.74. The van der Waals surface area contributed by atoms with Gasteiger partial charge in [-0.15, -0.1) is 6.42 Å². The summed E-state index contributed by atoms with van der Waals surface area (Å²) in [6.07, 6.45) is 5.86. The van der Waals surface area contributed by atoms with Crippen molar-refractivity contribution in [3.05, 3.63) is 17.2 Å². The van der Waals surface area contributed by atoms with E-state index in [0.717, 1.165) is 5.56 Å². The molecule has 0 bridgehead atoms. The summed E-state index contributed by atoms with van der Waals surface area (Å²) in [5.74, 6) is 3.84. The molecule has 1 rings (SSSR count). The average molecular weight is 423 g/mol. The molecule has 0 radical (unpaired) electrons. The third-order valence-electron chi connectivity index (χ3n) is 5.41. The molecular formula is C22H34O6Si. The molecule has 0 aromatic heterocycles. The maximum atomic E-state index is 11.8. The van der Waals surface area contributed by atoms with Crippen LogP contribution in [0.4, 0.5) is 0 Å². The molecule has 29 heavy (non-hydrogen) atoms. The minimum atomic E-state index is -2.19. The molecule has 0 aliphatic heterocycles. The largest absolute Gasteiger partial charge is 0.493 e. The molecule has 1 atom stereocenters. The Labute approximate surface area is 176 Å². The number of carbonyl (C=O) groups excluding carboxylic acids is 1. The quantitative estimate of drug-likeness (QED) is 0.331. The molecule has 1 aromatic carbocycles. The van der Waals surface area contributed by atoms with Crippen LogP contribution in [0.1, 0.15) is 44.4 Å². The zero-order valence-electron chi connectivity index (χ0n) is 19.1. The summed E-state index contributed by atoms with van der Waals surface area (Å²) >= 11 is 0. The van der Waals surface area contributed by atoms with E-state index in [4.69, 9.17) is 29.8 Å². The van der Waals surface area contributed by atoms with Gasteiger partial charge < -0.3 is 23.4 Å². The number of esters is 1. The second-order valence-corrected chi connectivity index (χ2v) is 13.0. The molecule has 0 spiro atoms. The Morgan fingerprint density at radius 1 is 1.10 bits per heavy atom. The van der Waals surface area contributed by atoms with Gasteiger partial charge in [-0.05, 0) is 36.2 Å². The van der Waals surface area contributed by atoms with Gasteiger partial charge in [0.15, 0.2) is 19.8 Å². The molecule has 7 heteroatoms. The van der Waals surface area contributed by atoms with Gasteiger partial charge in [-0.25, -0.2) is 0 Å². The smallest absolute Gasteiger partial charge is 0.305 e. The van der Waals surface area contributed by atoms with Crippen molar-refractivity contribution in [2.75, 3.05) is 28.4 Å². The fourth-order valence-electron chi connectivity index (χ4n) is 2.71. The molecule has 1 aromatic rings. The first-order valence-corrected chi connectivity index (χ1v) is 12.4. The topological polar surface area (TPSA) is 63.2 Å². The number of hydrogen-bond donors (Lipinski definition) is 0. The molecular weight excluding hydrogens is 388 g/mol. The van der Waals surface area contributed by atoms with Gasteiger partial charge in [-0.3, -0.25) is 4.79 Å². The summed E-state index contributed by atoms with van der Waals surface area (Å²) in [7, 11) is 3.80. The van der Waals surface area contributed by atoms with E-state index in [1.807, 2.05) is 6.07 Å². The van der Waals surface area contributed by atoms with Crippen LogP contribution in [0.3, 0.4) is 0 Å². The van der Waals surface area contributed by atoms with Crippen LogP contribution in [0.5, 0.6) is 17.2 Å². The summed E-state index contributed by atoms with van der Waals surface area (Å²) in [4.78, 5) is 11.8. The van der Waals surface area contributed by atoms with E-state index >= 15 is 0 Å². The van der Waals surface area contributed by atoms with E-state index in [9.17, 15) is 4.79 Å². The Morgan fingerprint density at radius 3 is 2.10 bits per heavy atom. The first kappa shape index (κ1) is 24.9. The summed E-state index contributed by atoms with van der Waals surface area (Å²) in [5, 5.41) is -0.0297. The highest BCUT2D eigenvalue weighted by atomic mass is 28.4. The lowest BCUT2D eigenvalue weighted by Gasteiger charge is -2.38. The Morgan fingerprint density at radius 2 is 1.69 bits per heavy atom. The molecule has 6 nitrogen and oxygen atoms in total. The first-order chi connectivity index (χ1) is 13.5. The van der Waals surface area contributed by atoms with Crippen molar-refractivity contribution in [1.82, 2.24) is 0 Å². The van der Waals surface area contributed by atoms with Crippen LogP contribution in [-0.2, 0) is 20.4 Å². The molecule has 0 N–H and O–H groups in total. The van der Waals surface area contributed by atoms with Crippen LogP contribution < -0.4 is 14.2 Å². The van der Waals surface area contributed by atoms with E-state index in [1.54, 1.807) is 14.2 Å². The third kappa shape index (κ3) is 5.68. The minimum absolute atomic E-state index is 0.0297. The molecule has 0 aliphatic rings. The van der Waals surface area contributed by atoms with Gasteiger partial charge in [0, 0.05) is 12.0 Å². The highest BCUT2D eigenvalue weighted by Crippen LogP contribution is 2.47. The summed E-state index contributed by atoms with van der Waals surface area (Å²) < 4.78 is 28.0. The van der Waals surface area contributed by atoms with E-state index in [1.165, 1.54) is 14.2 Å². The fraction of sp³-hybridized carbons (Fsp3) is 0.591. The molecule has 0 heterocycles. The predicted octanol–water partition coefficient (Wildman–Crippen LogP) is 4.51. The standard InChI is InChI=1S/C22H34O6Si/c1-11-16(28-29(9,10)22(2,3)4)19-15(12-13-18(23)25-6)14-17(24-5)20(26-7)21(19)27-8/h1,14,16H,12-13H2,2-10H3. The zero-order chi connectivity index (χ0) is 22.4. The van der Waals surface area contributed by atoms with Gasteiger partial charge in [-0.2, -0.15) is 0 Å². The number of benzene rings is 1. The van der Waals surface area contributed by atoms with Crippen molar-refractivity contribution in [2.24, 2.45) is 0 Å². The number of aryl methyl sites for hydroxylation is 1. The fourth-order valence-corrected chi connectivity index (χ4v) is 3.84. The maximum absolute atomic E-state index is 11.8. The first-order valence-electron chi connectivity index (χ1n) is 9.49. The lowest BCUT2D eigenvalue weighted by Crippen LogP contribution is -2.41. The van der Waals surface area contributed by atoms with Gasteiger partial charge in [0.1, 0.15) is 6.10 Å². The molecule has 162 valence electrons. The molecule has 0 amide bonds. The van der Waals surface area contributed by atoms with E-state index < -0.39 is 14.4 Å². The van der Waals surface area contributed by atoms with E-state index in [0.29, 0.717) is 29.2 Å². The van der Waals surface area contributed by atoms with Crippen LogP contribution >= 0.6 is 0 Å². The molecule has 0 saturated heterocycles. The normalized spacial score (nSPS) is 12.7. The number of ether oxygens (including phenoxy) is 4. The molecule has 0 aliphatic carbocycles. The zero-order valence-corrected chi connectivity index (χ0v) is 20.1. The van der Waals surface area contributed by atoms with Crippen LogP contribution in [0.25, 0.3) is 0 Å². The third-order valence-corrected chi connectivity index (χ3v) is 9.85. The van der Waals surface area contributed by atoms with Crippen LogP contribution in [0.2, 0.25) is 18.1 Å². The van der Waals surface area contributed by atoms with Crippen molar-refractivity contribution < 1.29 is 28.2 Å². The van der Waals surface area contributed by atoms with Crippen molar-refractivity contribution in [3.63, 3.8) is 0 Å². The molecule has 0 saturated carbocycles. The second kappa shape index (κ2) is 10.0. The maximum Gasteiger partial charge on any atom is 0.305 e. The highest BCUT2D eigenvalue weighted by Gasteiger charge is 2.40. The molecule has 1 unspecified atom stereocenters. The number of hydrogen-bond acceptors (Lipinski definition) is 6. The average Bonchev–Trinajstić information content (AvgIpc) is 2.67. The number of terminal acetylenes is 1. The SMILES string of the molecule is C#CC(O[Si](C)(C)C(C)(C)C)c1c(CCC(=O)OC)cc(OC)c(OC)c1OC. The minimum Gasteiger partial charge on any atom is -0.493 e. The van der Waals surface area contributed by atoms with Gasteiger partial charge in [0.05, 0.1) is 28.4 Å². The van der Waals surface area contributed by atoms with Crippen molar-refractivity contribution in [1.29, 1.82) is 0 Å². The number of methoxy groups -OCH3 is 4. The van der Waals surface area contributed by atoms with Crippen molar-refractivity contribution >= 4 is 14.3 Å². The Balaban J connectivity index is 3.64. The van der Waals surface area contributed by atoms with E-state index in [2.05, 4.69) is 39.8 Å². The van der Waals surface area contributed by atoms with Gasteiger partial charge in [0.25, 0.3) is 0 Å². The van der Waals surface area contributed by atoms with Gasteiger partial charge in [0.2, 0.25) is 5.75 Å². The summed E-state index contributed by atoms with van der Waals surface area (Å²) in [6.45, 7) is 10.7. The van der Waals surface area contributed by atoms with Crippen molar-refractivity contribution in [2.45, 2.75) is 57.8 Å². The predicted molar refractivity (Wildman–Crippen MR) is 116 cm³/mol. The van der Waals surface area contributed by atoms with Crippen LogP contribution in [0, 0.1) is 12.3 Å². The van der Waals surface area contributed by atoms with Crippen molar-refractivity contribution in [3.8, 4) is 29.6 Å². The Kier molecular flexibility index (Phi) is 8.60. The van der Waals surface area contributed by atoms with Crippen LogP contribution in [-0.4, -0.2) is 42.7 Å². The number of rotatable bonds is 9. The van der Waals surface area contributed by atoms with Gasteiger partial charge in [-0.1, -0.05) is 26.7 Å². The van der Waals surface area contributed by atoms with Gasteiger partial charge >= 0.3 is 5.97 Å². The Hall–Kier alpha value is -2.17. The summed E-state index contributed by atoms with van der Waals surface area (Å²) in [6, 6.07) is 1.82. The van der Waals surface area contributed by atoms with Crippen LogP contribution in [0.15, 0.2) is 6.07 Å². The monoisotopic (exact) mass is 422 g/mol. The summed E-state index contributed by atoms with van der Waals surface area (Å²) in [5.41, 5.74) is 1.48. The van der Waals surface area contributed by atoms with E-state index in [-0.39, 0.29) is 17.4 Å².